The summed E-state index contributed by atoms with van der Waals surface area (Å²) in [6.45, 7) is 5.33. The molecule has 0 saturated carbocycles. The van der Waals surface area contributed by atoms with Crippen molar-refractivity contribution in [2.75, 3.05) is 12.4 Å². The lowest BCUT2D eigenvalue weighted by Crippen LogP contribution is -2.23. The van der Waals surface area contributed by atoms with Gasteiger partial charge in [0.1, 0.15) is 0 Å². The van der Waals surface area contributed by atoms with Gasteiger partial charge in [0.15, 0.2) is 0 Å². The summed E-state index contributed by atoms with van der Waals surface area (Å²) in [5, 5.41) is 0.427. The molecule has 3 unspecified atom stereocenters. The first kappa shape index (κ1) is 14.9. The van der Waals surface area contributed by atoms with Crippen molar-refractivity contribution in [1.82, 2.24) is 0 Å². The van der Waals surface area contributed by atoms with Crippen molar-refractivity contribution in [3.8, 4) is 0 Å². The fourth-order valence-electron chi connectivity index (χ4n) is 2.39. The van der Waals surface area contributed by atoms with Gasteiger partial charge in [-0.1, -0.05) is 38.1 Å². The van der Waals surface area contributed by atoms with Crippen molar-refractivity contribution in [2.24, 2.45) is 5.73 Å². The first-order valence-corrected chi connectivity index (χ1v) is 8.33. The molecule has 19 heavy (non-hydrogen) atoms. The molecule has 3 heteroatoms. The summed E-state index contributed by atoms with van der Waals surface area (Å²) in [7, 11) is 0. The van der Waals surface area contributed by atoms with Crippen LogP contribution in [-0.4, -0.2) is 23.7 Å². The highest BCUT2D eigenvalue weighted by atomic mass is 32.2. The van der Waals surface area contributed by atoms with Crippen LogP contribution in [0, 0.1) is 0 Å². The van der Waals surface area contributed by atoms with Crippen LogP contribution < -0.4 is 5.73 Å². The summed E-state index contributed by atoms with van der Waals surface area (Å²) < 4.78 is 5.66. The fourth-order valence-corrected chi connectivity index (χ4v) is 3.53. The van der Waals surface area contributed by atoms with Gasteiger partial charge in [-0.2, -0.15) is 11.8 Å². The SMILES string of the molecule is CCc1ccc(C(N)C(C)SCC2CCCO2)cc1. The molecule has 1 aliphatic heterocycles. The lowest BCUT2D eigenvalue weighted by Gasteiger charge is -2.21. The molecule has 1 fully saturated rings. The van der Waals surface area contributed by atoms with E-state index in [0.29, 0.717) is 11.4 Å². The molecule has 1 saturated heterocycles. The van der Waals surface area contributed by atoms with Gasteiger partial charge in [0.05, 0.1) is 6.10 Å². The van der Waals surface area contributed by atoms with Crippen molar-refractivity contribution in [3.05, 3.63) is 35.4 Å². The molecule has 3 atom stereocenters. The third-order valence-corrected chi connectivity index (χ3v) is 5.23. The molecular formula is C16H25NOS. The number of ether oxygens (including phenoxy) is 1. The van der Waals surface area contributed by atoms with E-state index in [1.54, 1.807) is 0 Å². The van der Waals surface area contributed by atoms with E-state index in [1.807, 2.05) is 11.8 Å². The summed E-state index contributed by atoms with van der Waals surface area (Å²) >= 11 is 1.94. The summed E-state index contributed by atoms with van der Waals surface area (Å²) in [6.07, 6.45) is 3.95. The average molecular weight is 279 g/mol. The minimum Gasteiger partial charge on any atom is -0.377 e. The number of hydrogen-bond acceptors (Lipinski definition) is 3. The number of thioether (sulfide) groups is 1. The fraction of sp³-hybridized carbons (Fsp3) is 0.625. The lowest BCUT2D eigenvalue weighted by molar-refractivity contribution is 0.128. The van der Waals surface area contributed by atoms with E-state index in [-0.39, 0.29) is 6.04 Å². The van der Waals surface area contributed by atoms with Gasteiger partial charge >= 0.3 is 0 Å². The topological polar surface area (TPSA) is 35.2 Å². The van der Waals surface area contributed by atoms with Crippen molar-refractivity contribution < 1.29 is 4.74 Å². The van der Waals surface area contributed by atoms with E-state index in [2.05, 4.69) is 38.1 Å². The Bertz CT molecular complexity index is 373. The largest absolute Gasteiger partial charge is 0.377 e. The van der Waals surface area contributed by atoms with Crippen LogP contribution in [-0.2, 0) is 11.2 Å². The summed E-state index contributed by atoms with van der Waals surface area (Å²) in [6, 6.07) is 8.83. The van der Waals surface area contributed by atoms with E-state index in [0.717, 1.165) is 18.8 Å². The van der Waals surface area contributed by atoms with E-state index in [1.165, 1.54) is 24.0 Å². The summed E-state index contributed by atoms with van der Waals surface area (Å²) in [5.41, 5.74) is 8.96. The van der Waals surface area contributed by atoms with Gasteiger partial charge in [-0.25, -0.2) is 0 Å². The molecule has 0 aliphatic carbocycles. The lowest BCUT2D eigenvalue weighted by atomic mass is 10.0. The maximum atomic E-state index is 6.35. The summed E-state index contributed by atoms with van der Waals surface area (Å²) in [5.74, 6) is 1.07. The number of benzene rings is 1. The van der Waals surface area contributed by atoms with Gasteiger partial charge in [0.25, 0.3) is 0 Å². The van der Waals surface area contributed by atoms with Gasteiger partial charge in [0.2, 0.25) is 0 Å². The molecule has 1 aromatic rings. The molecule has 1 aliphatic rings. The van der Waals surface area contributed by atoms with Gasteiger partial charge < -0.3 is 10.5 Å². The van der Waals surface area contributed by atoms with Crippen LogP contribution in [0.25, 0.3) is 0 Å². The molecule has 0 bridgehead atoms. The zero-order valence-corrected chi connectivity index (χ0v) is 12.8. The number of hydrogen-bond donors (Lipinski definition) is 1. The average Bonchev–Trinajstić information content (AvgIpc) is 2.97. The maximum Gasteiger partial charge on any atom is 0.0666 e. The van der Waals surface area contributed by atoms with Crippen LogP contribution >= 0.6 is 11.8 Å². The van der Waals surface area contributed by atoms with Crippen molar-refractivity contribution in [2.45, 2.75) is 50.5 Å². The van der Waals surface area contributed by atoms with Gasteiger partial charge in [-0.15, -0.1) is 0 Å². The molecule has 1 aromatic carbocycles. The van der Waals surface area contributed by atoms with Crippen molar-refractivity contribution in [1.29, 1.82) is 0 Å². The van der Waals surface area contributed by atoms with Crippen LogP contribution in [0.15, 0.2) is 24.3 Å². The maximum absolute atomic E-state index is 6.35. The quantitative estimate of drug-likeness (QED) is 0.865. The van der Waals surface area contributed by atoms with Crippen LogP contribution in [0.3, 0.4) is 0 Å². The highest BCUT2D eigenvalue weighted by Crippen LogP contribution is 2.27. The Labute approximate surface area is 121 Å². The number of aryl methyl sites for hydroxylation is 1. The third-order valence-electron chi connectivity index (χ3n) is 3.85. The third kappa shape index (κ3) is 4.23. The van der Waals surface area contributed by atoms with Gasteiger partial charge in [-0.3, -0.25) is 0 Å². The Morgan fingerprint density at radius 2 is 2.11 bits per heavy atom. The standard InChI is InChI=1S/C16H25NOS/c1-3-13-6-8-14(9-7-13)16(17)12(2)19-11-15-5-4-10-18-15/h6-9,12,15-16H,3-5,10-11,17H2,1-2H3. The molecule has 2 nitrogen and oxygen atoms in total. The van der Waals surface area contributed by atoms with Crippen molar-refractivity contribution >= 4 is 11.8 Å². The minimum atomic E-state index is 0.109. The molecule has 106 valence electrons. The second kappa shape index (κ2) is 7.32. The number of rotatable bonds is 6. The van der Waals surface area contributed by atoms with E-state index in [4.69, 9.17) is 10.5 Å². The van der Waals surface area contributed by atoms with Gasteiger partial charge in [0, 0.05) is 23.7 Å². The van der Waals surface area contributed by atoms with Gasteiger partial charge in [-0.05, 0) is 30.4 Å². The predicted octanol–water partition coefficient (Wildman–Crippen LogP) is 3.55. The predicted molar refractivity (Wildman–Crippen MR) is 83.6 cm³/mol. The molecule has 0 spiro atoms. The monoisotopic (exact) mass is 279 g/mol. The Kier molecular flexibility index (Phi) is 5.74. The second-order valence-electron chi connectivity index (χ2n) is 5.29. The zero-order chi connectivity index (χ0) is 13.7. The van der Waals surface area contributed by atoms with Crippen LogP contribution in [0.4, 0.5) is 0 Å². The second-order valence-corrected chi connectivity index (χ2v) is 6.70. The van der Waals surface area contributed by atoms with Crippen LogP contribution in [0.1, 0.15) is 43.9 Å². The molecule has 1 heterocycles. The van der Waals surface area contributed by atoms with Crippen LogP contribution in [0.2, 0.25) is 0 Å². The minimum absolute atomic E-state index is 0.109. The molecule has 2 rings (SSSR count). The molecular weight excluding hydrogens is 254 g/mol. The Hall–Kier alpha value is -0.510. The Balaban J connectivity index is 1.84. The zero-order valence-electron chi connectivity index (χ0n) is 12.0. The van der Waals surface area contributed by atoms with E-state index in [9.17, 15) is 0 Å². The molecule has 0 radical (unpaired) electrons. The highest BCUT2D eigenvalue weighted by Gasteiger charge is 2.20. The molecule has 2 N–H and O–H groups in total. The van der Waals surface area contributed by atoms with Crippen molar-refractivity contribution in [3.63, 3.8) is 0 Å². The van der Waals surface area contributed by atoms with E-state index >= 15 is 0 Å². The molecule has 0 aromatic heterocycles. The van der Waals surface area contributed by atoms with E-state index < -0.39 is 0 Å². The normalized spacial score (nSPS) is 22.4. The highest BCUT2D eigenvalue weighted by molar-refractivity contribution is 7.99. The smallest absolute Gasteiger partial charge is 0.0666 e. The number of nitrogens with two attached hydrogens (primary N) is 1. The Morgan fingerprint density at radius 3 is 2.68 bits per heavy atom. The first-order valence-electron chi connectivity index (χ1n) is 7.28. The molecule has 0 amide bonds. The Morgan fingerprint density at radius 1 is 1.37 bits per heavy atom. The first-order chi connectivity index (χ1) is 9.20. The van der Waals surface area contributed by atoms with Crippen LogP contribution in [0.5, 0.6) is 0 Å². The summed E-state index contributed by atoms with van der Waals surface area (Å²) in [4.78, 5) is 0.